The molecule has 1 aliphatic heterocycles. The first-order valence-electron chi connectivity index (χ1n) is 9.70. The topological polar surface area (TPSA) is 80.5 Å². The van der Waals surface area contributed by atoms with Gasteiger partial charge >= 0.3 is 0 Å². The number of hydrogen-bond donors (Lipinski definition) is 1. The summed E-state index contributed by atoms with van der Waals surface area (Å²) in [7, 11) is 1.61. The predicted molar refractivity (Wildman–Crippen MR) is 111 cm³/mol. The number of aryl methyl sites for hydroxylation is 1. The lowest BCUT2D eigenvalue weighted by Crippen LogP contribution is -2.24. The van der Waals surface area contributed by atoms with E-state index in [-0.39, 0.29) is 11.9 Å². The van der Waals surface area contributed by atoms with Crippen LogP contribution in [-0.2, 0) is 4.79 Å². The van der Waals surface area contributed by atoms with Crippen molar-refractivity contribution in [3.63, 3.8) is 0 Å². The molecule has 1 fully saturated rings. The van der Waals surface area contributed by atoms with E-state index in [2.05, 4.69) is 15.5 Å². The van der Waals surface area contributed by atoms with Gasteiger partial charge in [-0.3, -0.25) is 4.79 Å². The molecule has 150 valence electrons. The zero-order valence-electron chi connectivity index (χ0n) is 16.8. The molecule has 0 spiro atoms. The molecule has 3 aromatic rings. The molecule has 1 atom stereocenters. The van der Waals surface area contributed by atoms with E-state index >= 15 is 0 Å². The quantitative estimate of drug-likeness (QED) is 0.672. The number of amides is 1. The molecule has 29 heavy (non-hydrogen) atoms. The van der Waals surface area contributed by atoms with Crippen molar-refractivity contribution >= 4 is 17.3 Å². The molecule has 7 heteroatoms. The van der Waals surface area contributed by atoms with Crippen molar-refractivity contribution < 1.29 is 13.9 Å². The number of nitrogens with zero attached hydrogens (tertiary/aromatic N) is 3. The molecule has 2 aromatic carbocycles. The van der Waals surface area contributed by atoms with Crippen LogP contribution in [-0.4, -0.2) is 29.8 Å². The third-order valence-corrected chi connectivity index (χ3v) is 5.04. The van der Waals surface area contributed by atoms with Gasteiger partial charge in [-0.1, -0.05) is 17.7 Å². The first kappa shape index (κ1) is 19.0. The maximum absolute atomic E-state index is 12.1. The number of anilines is 2. The smallest absolute Gasteiger partial charge is 0.247 e. The Morgan fingerprint density at radius 1 is 1.17 bits per heavy atom. The lowest BCUT2D eigenvalue weighted by atomic mass is 10.1. The summed E-state index contributed by atoms with van der Waals surface area (Å²) in [5.41, 5.74) is 3.71. The van der Waals surface area contributed by atoms with Crippen LogP contribution >= 0.6 is 0 Å². The van der Waals surface area contributed by atoms with Gasteiger partial charge in [0, 0.05) is 30.3 Å². The van der Waals surface area contributed by atoms with Crippen molar-refractivity contribution in [1.82, 2.24) is 10.2 Å². The largest absolute Gasteiger partial charge is 0.494 e. The van der Waals surface area contributed by atoms with E-state index in [1.54, 1.807) is 12.0 Å². The molecule has 4 rings (SSSR count). The average Bonchev–Trinajstić information content (AvgIpc) is 3.38. The Labute approximate surface area is 169 Å². The van der Waals surface area contributed by atoms with Crippen LogP contribution < -0.4 is 15.0 Å². The van der Waals surface area contributed by atoms with Gasteiger partial charge in [0.2, 0.25) is 17.7 Å². The van der Waals surface area contributed by atoms with Crippen LogP contribution in [0, 0.1) is 6.92 Å². The minimum absolute atomic E-state index is 0.131. The average molecular weight is 392 g/mol. The Bertz CT molecular complexity index is 1010. The summed E-state index contributed by atoms with van der Waals surface area (Å²) >= 11 is 0. The number of rotatable bonds is 6. The Kier molecular flexibility index (Phi) is 5.20. The van der Waals surface area contributed by atoms with Gasteiger partial charge in [-0.2, -0.15) is 0 Å². The van der Waals surface area contributed by atoms with E-state index in [1.165, 1.54) is 5.56 Å². The highest BCUT2D eigenvalue weighted by Crippen LogP contribution is 2.35. The Morgan fingerprint density at radius 2 is 1.97 bits per heavy atom. The fourth-order valence-electron chi connectivity index (χ4n) is 3.43. The SMILES string of the molecule is COc1cc(NC(C)c2nnc(-c3ccc(C)cc3)o2)ccc1N1CCCC1=O. The number of methoxy groups -OCH3 is 1. The summed E-state index contributed by atoms with van der Waals surface area (Å²) in [6.45, 7) is 4.72. The van der Waals surface area contributed by atoms with Crippen molar-refractivity contribution in [2.45, 2.75) is 32.7 Å². The Morgan fingerprint density at radius 3 is 2.66 bits per heavy atom. The molecular formula is C22H24N4O3. The fourth-order valence-corrected chi connectivity index (χ4v) is 3.43. The lowest BCUT2D eigenvalue weighted by molar-refractivity contribution is -0.117. The molecular weight excluding hydrogens is 368 g/mol. The number of aromatic nitrogens is 2. The zero-order chi connectivity index (χ0) is 20.4. The van der Waals surface area contributed by atoms with E-state index in [0.29, 0.717) is 24.0 Å². The summed E-state index contributed by atoms with van der Waals surface area (Å²) in [4.78, 5) is 13.8. The van der Waals surface area contributed by atoms with E-state index in [9.17, 15) is 4.79 Å². The van der Waals surface area contributed by atoms with Crippen molar-refractivity contribution in [3.05, 3.63) is 53.9 Å². The summed E-state index contributed by atoms with van der Waals surface area (Å²) in [5.74, 6) is 1.78. The number of ether oxygens (including phenoxy) is 1. The summed E-state index contributed by atoms with van der Waals surface area (Å²) < 4.78 is 11.4. The molecule has 0 saturated carbocycles. The minimum Gasteiger partial charge on any atom is -0.494 e. The monoisotopic (exact) mass is 392 g/mol. The predicted octanol–water partition coefficient (Wildman–Crippen LogP) is 4.35. The minimum atomic E-state index is -0.189. The molecule has 1 amide bonds. The number of carbonyl (C=O) groups excluding carboxylic acids is 1. The standard InChI is InChI=1S/C22H24N4O3/c1-14-6-8-16(9-7-14)22-25-24-21(29-22)15(2)23-17-10-11-18(19(13-17)28-3)26-12-4-5-20(26)27/h6-11,13,15,23H,4-5,12H2,1-3H3. The number of benzene rings is 2. The van der Waals surface area contributed by atoms with E-state index in [1.807, 2.05) is 56.3 Å². The Balaban J connectivity index is 1.50. The Hall–Kier alpha value is -3.35. The van der Waals surface area contributed by atoms with Crippen molar-refractivity contribution in [2.24, 2.45) is 0 Å². The van der Waals surface area contributed by atoms with Crippen molar-refractivity contribution in [2.75, 3.05) is 23.9 Å². The van der Waals surface area contributed by atoms with Crippen LogP contribution in [0.15, 0.2) is 46.9 Å². The molecule has 1 aromatic heterocycles. The highest BCUT2D eigenvalue weighted by atomic mass is 16.5. The van der Waals surface area contributed by atoms with Gasteiger partial charge in [-0.25, -0.2) is 0 Å². The summed E-state index contributed by atoms with van der Waals surface area (Å²) in [6.07, 6.45) is 1.46. The highest BCUT2D eigenvalue weighted by molar-refractivity contribution is 5.97. The molecule has 0 aliphatic carbocycles. The van der Waals surface area contributed by atoms with Crippen LogP contribution in [0.1, 0.15) is 37.3 Å². The third-order valence-electron chi connectivity index (χ3n) is 5.04. The lowest BCUT2D eigenvalue weighted by Gasteiger charge is -2.20. The van der Waals surface area contributed by atoms with E-state index in [4.69, 9.17) is 9.15 Å². The van der Waals surface area contributed by atoms with Crippen LogP contribution in [0.5, 0.6) is 5.75 Å². The van der Waals surface area contributed by atoms with Gasteiger partial charge in [0.05, 0.1) is 12.8 Å². The third kappa shape index (κ3) is 3.94. The number of nitrogens with one attached hydrogen (secondary N) is 1. The van der Waals surface area contributed by atoms with Gasteiger partial charge in [-0.15, -0.1) is 10.2 Å². The number of carbonyl (C=O) groups is 1. The van der Waals surface area contributed by atoms with Crippen LogP contribution in [0.25, 0.3) is 11.5 Å². The molecule has 1 N–H and O–H groups in total. The van der Waals surface area contributed by atoms with Crippen LogP contribution in [0.4, 0.5) is 11.4 Å². The first-order valence-corrected chi connectivity index (χ1v) is 9.70. The van der Waals surface area contributed by atoms with E-state index < -0.39 is 0 Å². The molecule has 1 unspecified atom stereocenters. The van der Waals surface area contributed by atoms with Gasteiger partial charge in [0.1, 0.15) is 11.8 Å². The van der Waals surface area contributed by atoms with Gasteiger partial charge < -0.3 is 19.4 Å². The van der Waals surface area contributed by atoms with Gasteiger partial charge in [-0.05, 0) is 44.5 Å². The van der Waals surface area contributed by atoms with E-state index in [0.717, 1.165) is 29.9 Å². The fraction of sp³-hybridized carbons (Fsp3) is 0.318. The molecule has 1 aliphatic rings. The second-order valence-electron chi connectivity index (χ2n) is 7.21. The van der Waals surface area contributed by atoms with Gasteiger partial charge in [0.25, 0.3) is 0 Å². The van der Waals surface area contributed by atoms with Crippen LogP contribution in [0.2, 0.25) is 0 Å². The van der Waals surface area contributed by atoms with Crippen molar-refractivity contribution in [1.29, 1.82) is 0 Å². The van der Waals surface area contributed by atoms with Crippen molar-refractivity contribution in [3.8, 4) is 17.2 Å². The molecule has 2 heterocycles. The maximum Gasteiger partial charge on any atom is 0.247 e. The molecule has 7 nitrogen and oxygen atoms in total. The first-order chi connectivity index (χ1) is 14.0. The normalized spacial score (nSPS) is 14.9. The zero-order valence-corrected chi connectivity index (χ0v) is 16.8. The number of hydrogen-bond acceptors (Lipinski definition) is 6. The molecule has 1 saturated heterocycles. The van der Waals surface area contributed by atoms with Gasteiger partial charge in [0.15, 0.2) is 0 Å². The molecule has 0 bridgehead atoms. The highest BCUT2D eigenvalue weighted by Gasteiger charge is 2.25. The van der Waals surface area contributed by atoms with Crippen LogP contribution in [0.3, 0.4) is 0 Å². The second kappa shape index (κ2) is 7.95. The summed E-state index contributed by atoms with van der Waals surface area (Å²) in [5, 5.41) is 11.7. The second-order valence-corrected chi connectivity index (χ2v) is 7.21. The maximum atomic E-state index is 12.1. The molecule has 0 radical (unpaired) electrons. The summed E-state index contributed by atoms with van der Waals surface area (Å²) in [6, 6.07) is 13.5.